The molecule has 3 aromatic rings. The van der Waals surface area contributed by atoms with E-state index in [0.717, 1.165) is 6.21 Å². The van der Waals surface area contributed by atoms with Crippen molar-refractivity contribution in [3.8, 4) is 11.5 Å². The number of anilines is 2. The monoisotopic (exact) mass is 565 g/mol. The zero-order chi connectivity index (χ0) is 29.8. The first kappa shape index (κ1) is 29.9. The van der Waals surface area contributed by atoms with E-state index in [2.05, 4.69) is 26.5 Å². The van der Waals surface area contributed by atoms with Crippen LogP contribution in [0.5, 0.6) is 11.5 Å². The molecule has 3 rings (SSSR count). The number of nitrogens with zero attached hydrogens (tertiary/aromatic N) is 1. The van der Waals surface area contributed by atoms with Gasteiger partial charge >= 0.3 is 29.6 Å². The molecule has 0 aliphatic rings. The van der Waals surface area contributed by atoms with E-state index in [4.69, 9.17) is 18.6 Å². The fraction of sp³-hybridized carbons (Fsp3) is 0.185. The fourth-order valence-corrected chi connectivity index (χ4v) is 3.19. The van der Waals surface area contributed by atoms with Gasteiger partial charge in [-0.3, -0.25) is 19.2 Å². The van der Waals surface area contributed by atoms with E-state index in [0.29, 0.717) is 28.5 Å². The van der Waals surface area contributed by atoms with E-state index in [1.54, 1.807) is 19.1 Å². The summed E-state index contributed by atoms with van der Waals surface area (Å²) in [5.74, 6) is -3.11. The van der Waals surface area contributed by atoms with Crippen LogP contribution in [0.25, 0.3) is 0 Å². The lowest BCUT2D eigenvalue weighted by Gasteiger charge is -2.10. The average molecular weight is 566 g/mol. The Hall–Kier alpha value is -5.66. The van der Waals surface area contributed by atoms with Gasteiger partial charge in [0.15, 0.2) is 0 Å². The molecule has 0 saturated carbocycles. The van der Waals surface area contributed by atoms with Gasteiger partial charge in [-0.1, -0.05) is 0 Å². The molecule has 214 valence electrons. The smallest absolute Gasteiger partial charge is 0.338 e. The van der Waals surface area contributed by atoms with Crippen LogP contribution in [0.1, 0.15) is 28.8 Å². The van der Waals surface area contributed by atoms with Crippen molar-refractivity contribution in [2.75, 3.05) is 31.5 Å². The van der Waals surface area contributed by atoms with Crippen LogP contribution in [0.15, 0.2) is 64.1 Å². The number of nitrogens with one attached hydrogen (secondary N) is 4. The van der Waals surface area contributed by atoms with Gasteiger partial charge in [-0.25, -0.2) is 10.2 Å². The van der Waals surface area contributed by atoms with E-state index < -0.39 is 29.6 Å². The molecule has 0 unspecified atom stereocenters. The van der Waals surface area contributed by atoms with Crippen molar-refractivity contribution in [2.45, 2.75) is 13.5 Å². The number of rotatable bonds is 10. The average Bonchev–Trinajstić information content (AvgIpc) is 3.43. The number of carbonyl (C=O) groups is 5. The van der Waals surface area contributed by atoms with Crippen molar-refractivity contribution in [3.63, 3.8) is 0 Å². The summed E-state index contributed by atoms with van der Waals surface area (Å²) in [5.41, 5.74) is 2.92. The summed E-state index contributed by atoms with van der Waals surface area (Å²) in [6.45, 7) is 1.81. The van der Waals surface area contributed by atoms with Crippen LogP contribution in [-0.2, 0) is 30.5 Å². The molecular formula is C27H27N5O9. The Morgan fingerprint density at radius 2 is 1.59 bits per heavy atom. The van der Waals surface area contributed by atoms with Crippen LogP contribution in [0.4, 0.5) is 11.4 Å². The Morgan fingerprint density at radius 1 is 0.854 bits per heavy atom. The van der Waals surface area contributed by atoms with Crippen molar-refractivity contribution in [1.82, 2.24) is 10.7 Å². The highest BCUT2D eigenvalue weighted by atomic mass is 16.5. The van der Waals surface area contributed by atoms with Gasteiger partial charge in [-0.05, 0) is 55.5 Å². The minimum absolute atomic E-state index is 0.112. The van der Waals surface area contributed by atoms with Gasteiger partial charge < -0.3 is 34.6 Å². The molecule has 14 heteroatoms. The molecule has 0 atom stereocenters. The van der Waals surface area contributed by atoms with Gasteiger partial charge in [0.1, 0.15) is 23.0 Å². The minimum atomic E-state index is -1.05. The van der Waals surface area contributed by atoms with E-state index in [9.17, 15) is 24.0 Å². The Morgan fingerprint density at radius 3 is 2.27 bits per heavy atom. The Balaban J connectivity index is 1.45. The molecule has 0 saturated heterocycles. The third-order valence-corrected chi connectivity index (χ3v) is 5.18. The minimum Gasteiger partial charge on any atom is -0.497 e. The summed E-state index contributed by atoms with van der Waals surface area (Å²) in [7, 11) is 2.87. The lowest BCUT2D eigenvalue weighted by atomic mass is 10.2. The molecule has 4 amide bonds. The molecule has 0 aliphatic carbocycles. The molecule has 0 spiro atoms. The quantitative estimate of drug-likeness (QED) is 0.123. The zero-order valence-electron chi connectivity index (χ0n) is 22.3. The van der Waals surface area contributed by atoms with Crippen LogP contribution in [0.3, 0.4) is 0 Å². The van der Waals surface area contributed by atoms with E-state index in [1.165, 1.54) is 56.7 Å². The fourth-order valence-electron chi connectivity index (χ4n) is 3.19. The van der Waals surface area contributed by atoms with Gasteiger partial charge in [0, 0.05) is 11.8 Å². The number of hydrogen-bond donors (Lipinski definition) is 4. The van der Waals surface area contributed by atoms with Crippen LogP contribution in [-0.4, -0.2) is 56.6 Å². The molecule has 41 heavy (non-hydrogen) atoms. The largest absolute Gasteiger partial charge is 0.497 e. The number of furan rings is 1. The Bertz CT molecular complexity index is 1450. The summed E-state index contributed by atoms with van der Waals surface area (Å²) < 4.78 is 20.6. The molecule has 0 bridgehead atoms. The van der Waals surface area contributed by atoms with Gasteiger partial charge in [0.25, 0.3) is 0 Å². The molecule has 4 N–H and O–H groups in total. The van der Waals surface area contributed by atoms with Crippen LogP contribution in [0.2, 0.25) is 0 Å². The second-order valence-corrected chi connectivity index (χ2v) is 7.96. The van der Waals surface area contributed by atoms with Crippen LogP contribution < -0.4 is 30.8 Å². The second-order valence-electron chi connectivity index (χ2n) is 7.96. The molecular weight excluding hydrogens is 538 g/mol. The van der Waals surface area contributed by atoms with E-state index >= 15 is 0 Å². The predicted molar refractivity (Wildman–Crippen MR) is 145 cm³/mol. The number of hydrogen-bond acceptors (Lipinski definition) is 10. The molecule has 1 heterocycles. The second kappa shape index (κ2) is 14.5. The van der Waals surface area contributed by atoms with E-state index in [-0.39, 0.29) is 24.6 Å². The van der Waals surface area contributed by atoms with E-state index in [1.807, 2.05) is 0 Å². The summed E-state index contributed by atoms with van der Waals surface area (Å²) >= 11 is 0. The first-order chi connectivity index (χ1) is 19.7. The molecule has 14 nitrogen and oxygen atoms in total. The predicted octanol–water partition coefficient (Wildman–Crippen LogP) is 1.82. The molecule has 0 radical (unpaired) electrons. The molecule has 1 aromatic heterocycles. The van der Waals surface area contributed by atoms with Crippen molar-refractivity contribution in [2.24, 2.45) is 5.10 Å². The summed E-state index contributed by atoms with van der Waals surface area (Å²) in [6, 6.07) is 13.6. The highest BCUT2D eigenvalue weighted by Gasteiger charge is 2.17. The molecule has 0 aliphatic heterocycles. The SMILES string of the molecule is CCOC(=O)c1ccc(NC(=O)C(=O)NCc2ccc(/C=N/NC(=O)C(=O)Nc3cc(OC)ccc3OC)o2)cc1. The van der Waals surface area contributed by atoms with Crippen molar-refractivity contribution in [3.05, 3.63) is 71.7 Å². The number of ether oxygens (including phenoxy) is 3. The van der Waals surface area contributed by atoms with Crippen LogP contribution in [0, 0.1) is 0 Å². The summed E-state index contributed by atoms with van der Waals surface area (Å²) in [5, 5.41) is 10.9. The third-order valence-electron chi connectivity index (χ3n) is 5.18. The lowest BCUT2D eigenvalue weighted by Crippen LogP contribution is -2.34. The lowest BCUT2D eigenvalue weighted by molar-refractivity contribution is -0.136. The standard InChI is InChI=1S/C27H27N5O9/c1-4-40-27(37)16-5-7-17(8-6-16)30-24(34)23(33)28-14-19-9-10-20(41-19)15-29-32-26(36)25(35)31-21-13-18(38-2)11-12-22(21)39-3/h5-13,15H,4,14H2,1-3H3,(H,28,33)(H,30,34)(H,31,35)(H,32,36)/b29-15+. The topological polar surface area (TPSA) is 187 Å². The maximum Gasteiger partial charge on any atom is 0.338 e. The number of methoxy groups -OCH3 is 2. The van der Waals surface area contributed by atoms with Gasteiger partial charge in [-0.2, -0.15) is 5.10 Å². The van der Waals surface area contributed by atoms with Crippen molar-refractivity contribution < 1.29 is 42.6 Å². The summed E-state index contributed by atoms with van der Waals surface area (Å²) in [6.07, 6.45) is 1.15. The highest BCUT2D eigenvalue weighted by Crippen LogP contribution is 2.28. The Labute approximate surface area is 234 Å². The summed E-state index contributed by atoms with van der Waals surface area (Å²) in [4.78, 5) is 60.3. The maximum absolute atomic E-state index is 12.2. The third kappa shape index (κ3) is 8.68. The highest BCUT2D eigenvalue weighted by molar-refractivity contribution is 6.40. The van der Waals surface area contributed by atoms with Crippen LogP contribution >= 0.6 is 0 Å². The van der Waals surface area contributed by atoms with Gasteiger partial charge in [0.05, 0.1) is 44.8 Å². The number of amides is 4. The van der Waals surface area contributed by atoms with Gasteiger partial charge in [-0.15, -0.1) is 0 Å². The first-order valence-corrected chi connectivity index (χ1v) is 12.1. The number of esters is 1. The van der Waals surface area contributed by atoms with Crippen molar-refractivity contribution >= 4 is 47.2 Å². The number of hydrazone groups is 1. The molecule has 0 fully saturated rings. The Kier molecular flexibility index (Phi) is 10.6. The maximum atomic E-state index is 12.2. The van der Waals surface area contributed by atoms with Crippen molar-refractivity contribution in [1.29, 1.82) is 0 Å². The zero-order valence-corrected chi connectivity index (χ0v) is 22.3. The first-order valence-electron chi connectivity index (χ1n) is 12.1. The molecule has 2 aromatic carbocycles. The number of benzene rings is 2. The number of carbonyl (C=O) groups excluding carboxylic acids is 5. The normalized spacial score (nSPS) is 10.4. The van der Waals surface area contributed by atoms with Gasteiger partial charge in [0.2, 0.25) is 0 Å².